The van der Waals surface area contributed by atoms with Gasteiger partial charge in [0.05, 0.1) is 6.10 Å². The van der Waals surface area contributed by atoms with Gasteiger partial charge in [0, 0.05) is 4.83 Å². The van der Waals surface area contributed by atoms with Crippen LogP contribution in [0, 0.1) is 28.6 Å². The molecule has 0 bridgehead atoms. The molecule has 0 aromatic heterocycles. The van der Waals surface area contributed by atoms with Gasteiger partial charge in [-0.15, -0.1) is 0 Å². The first kappa shape index (κ1) is 14.8. The van der Waals surface area contributed by atoms with Crippen molar-refractivity contribution in [2.45, 2.75) is 76.1 Å². The molecule has 0 unspecified atom stereocenters. The molecule has 4 aliphatic carbocycles. The topological polar surface area (TPSA) is 20.2 Å². The first-order chi connectivity index (χ1) is 9.97. The quantitative estimate of drug-likeness (QED) is 0.476. The predicted octanol–water partition coefficient (Wildman–Crippen LogP) is 5.07. The summed E-state index contributed by atoms with van der Waals surface area (Å²) in [5, 5.41) is 10.7. The van der Waals surface area contributed by atoms with Crippen LogP contribution in [0.15, 0.2) is 11.6 Å². The fourth-order valence-electron chi connectivity index (χ4n) is 6.64. The van der Waals surface area contributed by atoms with Gasteiger partial charge in [0.25, 0.3) is 0 Å². The zero-order valence-corrected chi connectivity index (χ0v) is 15.0. The summed E-state index contributed by atoms with van der Waals surface area (Å²) in [6, 6.07) is 0. The number of aliphatic hydroxyl groups is 1. The van der Waals surface area contributed by atoms with Crippen LogP contribution in [0.4, 0.5) is 0 Å². The van der Waals surface area contributed by atoms with E-state index in [1.807, 2.05) is 0 Å². The minimum absolute atomic E-state index is 0.145. The predicted molar refractivity (Wildman–Crippen MR) is 90.4 cm³/mol. The molecule has 0 saturated heterocycles. The molecule has 0 aromatic carbocycles. The molecule has 0 amide bonds. The Labute approximate surface area is 137 Å². The summed E-state index contributed by atoms with van der Waals surface area (Å²) >= 11 is 3.76. The Morgan fingerprint density at radius 1 is 1.19 bits per heavy atom. The number of fused-ring (bicyclic) bond motifs is 5. The molecule has 118 valence electrons. The van der Waals surface area contributed by atoms with E-state index in [4.69, 9.17) is 0 Å². The molecule has 0 aromatic rings. The number of allylic oxidation sites excluding steroid dienone is 2. The minimum atomic E-state index is -0.145. The van der Waals surface area contributed by atoms with Crippen molar-refractivity contribution < 1.29 is 5.11 Å². The van der Waals surface area contributed by atoms with Gasteiger partial charge < -0.3 is 5.11 Å². The fourth-order valence-corrected chi connectivity index (χ4v) is 7.65. The normalized spacial score (nSPS) is 56.2. The number of alkyl halides is 1. The third kappa shape index (κ3) is 1.90. The Kier molecular flexibility index (Phi) is 3.40. The summed E-state index contributed by atoms with van der Waals surface area (Å²) in [6.45, 7) is 4.93. The van der Waals surface area contributed by atoms with E-state index in [9.17, 15) is 5.11 Å². The lowest BCUT2D eigenvalue weighted by atomic mass is 9.48. The van der Waals surface area contributed by atoms with Gasteiger partial charge in [0.1, 0.15) is 0 Å². The molecule has 0 radical (unpaired) electrons. The number of aliphatic hydroxyl groups excluding tert-OH is 1. The highest BCUT2D eigenvalue weighted by molar-refractivity contribution is 9.09. The highest BCUT2D eigenvalue weighted by Crippen LogP contribution is 2.65. The molecule has 1 nitrogen and oxygen atoms in total. The molecule has 4 rings (SSSR count). The average Bonchev–Trinajstić information content (AvgIpc) is 2.70. The zero-order valence-electron chi connectivity index (χ0n) is 13.4. The second-order valence-electron chi connectivity index (χ2n) is 8.71. The highest BCUT2D eigenvalue weighted by atomic mass is 79.9. The Morgan fingerprint density at radius 2 is 2.00 bits per heavy atom. The maximum absolute atomic E-state index is 10.7. The Morgan fingerprint density at radius 3 is 2.81 bits per heavy atom. The van der Waals surface area contributed by atoms with Crippen LogP contribution in [0.3, 0.4) is 0 Å². The van der Waals surface area contributed by atoms with Crippen LogP contribution in [0.1, 0.15) is 65.2 Å². The molecule has 3 saturated carbocycles. The van der Waals surface area contributed by atoms with Crippen LogP contribution in [0.25, 0.3) is 0 Å². The van der Waals surface area contributed by atoms with Gasteiger partial charge in [-0.2, -0.15) is 0 Å². The summed E-state index contributed by atoms with van der Waals surface area (Å²) in [4.78, 5) is 0.316. The Balaban J connectivity index is 1.70. The van der Waals surface area contributed by atoms with Gasteiger partial charge in [-0.1, -0.05) is 47.8 Å². The maximum Gasteiger partial charge on any atom is 0.0721 e. The lowest BCUT2D eigenvalue weighted by Gasteiger charge is -2.57. The van der Waals surface area contributed by atoms with Crippen molar-refractivity contribution in [3.05, 3.63) is 11.6 Å². The van der Waals surface area contributed by atoms with Gasteiger partial charge in [0.15, 0.2) is 0 Å². The summed E-state index contributed by atoms with van der Waals surface area (Å²) in [5.41, 5.74) is 2.43. The van der Waals surface area contributed by atoms with Gasteiger partial charge in [-0.3, -0.25) is 0 Å². The van der Waals surface area contributed by atoms with Crippen molar-refractivity contribution in [2.75, 3.05) is 0 Å². The van der Waals surface area contributed by atoms with Crippen molar-refractivity contribution in [3.8, 4) is 0 Å². The van der Waals surface area contributed by atoms with Crippen molar-refractivity contribution in [3.63, 3.8) is 0 Å². The molecule has 0 heterocycles. The van der Waals surface area contributed by atoms with Crippen LogP contribution in [0.5, 0.6) is 0 Å². The van der Waals surface area contributed by atoms with E-state index >= 15 is 0 Å². The molecule has 21 heavy (non-hydrogen) atoms. The molecule has 4 aliphatic rings. The van der Waals surface area contributed by atoms with Gasteiger partial charge >= 0.3 is 0 Å². The standard InChI is InChI=1S/C19H29BrO/c1-18-9-4-3-5-12(18)6-7-13-14(18)8-10-19(2)15(13)11-16(20)17(19)21/h6,13-17,21H,3-5,7-11H2,1-2H3/t13-,14+,15+,16-,17-,18+,19+/m1/s1. The molecule has 0 spiro atoms. The third-order valence-corrected chi connectivity index (χ3v) is 8.83. The monoisotopic (exact) mass is 352 g/mol. The summed E-state index contributed by atoms with van der Waals surface area (Å²) in [6.07, 6.45) is 13.1. The molecule has 7 atom stereocenters. The van der Waals surface area contributed by atoms with Gasteiger partial charge in [-0.25, -0.2) is 0 Å². The molecular formula is C19H29BrO. The summed E-state index contributed by atoms with van der Waals surface area (Å²) in [7, 11) is 0. The largest absolute Gasteiger partial charge is 0.391 e. The third-order valence-electron chi connectivity index (χ3n) is 7.95. The number of hydrogen-bond acceptors (Lipinski definition) is 1. The fraction of sp³-hybridized carbons (Fsp3) is 0.895. The lowest BCUT2D eigenvalue weighted by Crippen LogP contribution is -2.50. The number of halogens is 1. The summed E-state index contributed by atoms with van der Waals surface area (Å²) < 4.78 is 0. The van der Waals surface area contributed by atoms with E-state index < -0.39 is 0 Å². The van der Waals surface area contributed by atoms with E-state index in [0.29, 0.717) is 16.2 Å². The minimum Gasteiger partial charge on any atom is -0.391 e. The number of rotatable bonds is 0. The highest BCUT2D eigenvalue weighted by Gasteiger charge is 2.60. The molecule has 2 heteroatoms. The van der Waals surface area contributed by atoms with Crippen LogP contribution >= 0.6 is 15.9 Å². The second kappa shape index (κ2) is 4.84. The first-order valence-corrected chi connectivity index (χ1v) is 9.90. The molecule has 0 aliphatic heterocycles. The smallest absolute Gasteiger partial charge is 0.0721 e. The van der Waals surface area contributed by atoms with Crippen molar-refractivity contribution in [1.82, 2.24) is 0 Å². The van der Waals surface area contributed by atoms with E-state index in [-0.39, 0.29) is 11.5 Å². The number of hydrogen-bond donors (Lipinski definition) is 1. The van der Waals surface area contributed by atoms with Crippen LogP contribution in [-0.2, 0) is 0 Å². The summed E-state index contributed by atoms with van der Waals surface area (Å²) in [5.74, 6) is 2.40. The SMILES string of the molecule is C[C@]12CC[C@H]3[C@@H](CC=C4CCCC[C@@]43C)[C@@H]1C[C@@H](Br)[C@H]2O. The molecule has 1 N–H and O–H groups in total. The van der Waals surface area contributed by atoms with Crippen molar-refractivity contribution in [1.29, 1.82) is 0 Å². The molecular weight excluding hydrogens is 324 g/mol. The Bertz CT molecular complexity index is 472. The van der Waals surface area contributed by atoms with Gasteiger partial charge in [0.2, 0.25) is 0 Å². The van der Waals surface area contributed by atoms with Crippen molar-refractivity contribution >= 4 is 15.9 Å². The first-order valence-electron chi connectivity index (χ1n) is 8.98. The van der Waals surface area contributed by atoms with E-state index in [0.717, 1.165) is 11.8 Å². The average molecular weight is 353 g/mol. The van der Waals surface area contributed by atoms with E-state index in [1.165, 1.54) is 51.4 Å². The van der Waals surface area contributed by atoms with Crippen molar-refractivity contribution in [2.24, 2.45) is 28.6 Å². The van der Waals surface area contributed by atoms with Crippen LogP contribution < -0.4 is 0 Å². The van der Waals surface area contributed by atoms with E-state index in [2.05, 4.69) is 35.9 Å². The second-order valence-corrected chi connectivity index (χ2v) is 9.88. The van der Waals surface area contributed by atoms with Gasteiger partial charge in [-0.05, 0) is 73.5 Å². The lowest BCUT2D eigenvalue weighted by molar-refractivity contribution is -0.0655. The van der Waals surface area contributed by atoms with E-state index in [1.54, 1.807) is 5.57 Å². The molecule has 3 fully saturated rings. The van der Waals surface area contributed by atoms with Crippen LogP contribution in [-0.4, -0.2) is 16.0 Å². The maximum atomic E-state index is 10.7. The Hall–Kier alpha value is 0.180. The van der Waals surface area contributed by atoms with Crippen LogP contribution in [0.2, 0.25) is 0 Å². The zero-order chi connectivity index (χ0) is 14.8.